The highest BCUT2D eigenvalue weighted by atomic mass is 35.5. The summed E-state index contributed by atoms with van der Waals surface area (Å²) in [4.78, 5) is 13.6. The lowest BCUT2D eigenvalue weighted by atomic mass is 10.1. The predicted octanol–water partition coefficient (Wildman–Crippen LogP) is 1.59. The fourth-order valence-electron chi connectivity index (χ4n) is 2.06. The number of benzene rings is 1. The minimum atomic E-state index is -0.477. The molecule has 1 aliphatic heterocycles. The fourth-order valence-corrected chi connectivity index (χ4v) is 2.32. The third-order valence-corrected chi connectivity index (χ3v) is 3.36. The topological polar surface area (TPSA) is 55.6 Å². The second kappa shape index (κ2) is 5.69. The van der Waals surface area contributed by atoms with Crippen molar-refractivity contribution in [3.05, 3.63) is 34.9 Å². The van der Waals surface area contributed by atoms with Gasteiger partial charge in [-0.05, 0) is 13.0 Å². The van der Waals surface area contributed by atoms with Crippen molar-refractivity contribution in [2.75, 3.05) is 19.7 Å². The molecule has 0 bridgehead atoms. The smallest absolute Gasteiger partial charge is 0.239 e. The molecular formula is C13H17ClN2O2. The van der Waals surface area contributed by atoms with Gasteiger partial charge in [-0.15, -0.1) is 0 Å². The van der Waals surface area contributed by atoms with Gasteiger partial charge in [0.05, 0.1) is 19.2 Å². The molecule has 98 valence electrons. The number of hydrogen-bond donors (Lipinski definition) is 1. The quantitative estimate of drug-likeness (QED) is 0.886. The summed E-state index contributed by atoms with van der Waals surface area (Å²) in [7, 11) is 0. The van der Waals surface area contributed by atoms with Crippen molar-refractivity contribution in [3.8, 4) is 0 Å². The monoisotopic (exact) mass is 268 g/mol. The Morgan fingerprint density at radius 2 is 2.28 bits per heavy atom. The summed E-state index contributed by atoms with van der Waals surface area (Å²) < 4.78 is 5.69. The first-order chi connectivity index (χ1) is 8.59. The highest BCUT2D eigenvalue weighted by Gasteiger charge is 2.27. The molecule has 18 heavy (non-hydrogen) atoms. The van der Waals surface area contributed by atoms with Gasteiger partial charge >= 0.3 is 0 Å². The zero-order valence-corrected chi connectivity index (χ0v) is 11.1. The second-order valence-electron chi connectivity index (χ2n) is 4.45. The van der Waals surface area contributed by atoms with Crippen LogP contribution in [0.15, 0.2) is 24.3 Å². The molecule has 1 amide bonds. The zero-order chi connectivity index (χ0) is 13.1. The van der Waals surface area contributed by atoms with E-state index in [2.05, 4.69) is 0 Å². The Balaban J connectivity index is 2.12. The van der Waals surface area contributed by atoms with E-state index in [1.165, 1.54) is 0 Å². The van der Waals surface area contributed by atoms with Gasteiger partial charge in [-0.3, -0.25) is 4.79 Å². The Kier molecular flexibility index (Phi) is 4.22. The molecule has 2 N–H and O–H groups in total. The minimum Gasteiger partial charge on any atom is -0.370 e. The van der Waals surface area contributed by atoms with Gasteiger partial charge in [0, 0.05) is 17.1 Å². The number of morpholine rings is 1. The first-order valence-electron chi connectivity index (χ1n) is 6.00. The van der Waals surface area contributed by atoms with E-state index in [-0.39, 0.29) is 12.0 Å². The summed E-state index contributed by atoms with van der Waals surface area (Å²) in [6.07, 6.45) is -0.171. The molecule has 0 aromatic heterocycles. The molecule has 0 spiro atoms. The number of halogens is 1. The van der Waals surface area contributed by atoms with Crippen molar-refractivity contribution in [2.45, 2.75) is 19.1 Å². The number of hydrogen-bond acceptors (Lipinski definition) is 3. The average Bonchev–Trinajstić information content (AvgIpc) is 2.38. The molecule has 1 heterocycles. The third-order valence-electron chi connectivity index (χ3n) is 3.02. The molecule has 0 aliphatic carbocycles. The van der Waals surface area contributed by atoms with Crippen molar-refractivity contribution in [1.82, 2.24) is 4.90 Å². The Morgan fingerprint density at radius 3 is 2.94 bits per heavy atom. The van der Waals surface area contributed by atoms with E-state index >= 15 is 0 Å². The van der Waals surface area contributed by atoms with E-state index in [0.29, 0.717) is 24.7 Å². The number of nitrogens with two attached hydrogens (primary N) is 1. The molecule has 4 nitrogen and oxygen atoms in total. The number of amides is 1. The number of ether oxygens (including phenoxy) is 1. The van der Waals surface area contributed by atoms with Crippen LogP contribution in [0.25, 0.3) is 0 Å². The van der Waals surface area contributed by atoms with E-state index in [1.807, 2.05) is 24.3 Å². The Bertz CT molecular complexity index is 437. The van der Waals surface area contributed by atoms with Crippen LogP contribution in [0.2, 0.25) is 5.02 Å². The van der Waals surface area contributed by atoms with Gasteiger partial charge in [0.15, 0.2) is 0 Å². The molecular weight excluding hydrogens is 252 g/mol. The third kappa shape index (κ3) is 2.83. The van der Waals surface area contributed by atoms with Crippen LogP contribution in [0.4, 0.5) is 0 Å². The van der Waals surface area contributed by atoms with Gasteiger partial charge in [-0.1, -0.05) is 29.8 Å². The Hall–Kier alpha value is -1.10. The first kappa shape index (κ1) is 13.3. The average molecular weight is 269 g/mol. The molecule has 1 aromatic carbocycles. The molecule has 0 saturated carbocycles. The maximum absolute atomic E-state index is 11.9. The van der Waals surface area contributed by atoms with E-state index in [1.54, 1.807) is 11.8 Å². The number of carbonyl (C=O) groups is 1. The number of carbonyl (C=O) groups excluding carboxylic acids is 1. The van der Waals surface area contributed by atoms with Crippen LogP contribution < -0.4 is 5.73 Å². The van der Waals surface area contributed by atoms with Crippen LogP contribution in [-0.4, -0.2) is 36.5 Å². The van der Waals surface area contributed by atoms with Crippen LogP contribution in [-0.2, 0) is 9.53 Å². The lowest BCUT2D eigenvalue weighted by molar-refractivity contribution is -0.140. The van der Waals surface area contributed by atoms with Gasteiger partial charge in [0.1, 0.15) is 6.10 Å². The van der Waals surface area contributed by atoms with Crippen LogP contribution in [0, 0.1) is 0 Å². The van der Waals surface area contributed by atoms with Crippen molar-refractivity contribution in [2.24, 2.45) is 5.73 Å². The van der Waals surface area contributed by atoms with Gasteiger partial charge < -0.3 is 15.4 Å². The largest absolute Gasteiger partial charge is 0.370 e. The van der Waals surface area contributed by atoms with Crippen molar-refractivity contribution < 1.29 is 9.53 Å². The standard InChI is InChI=1S/C13H17ClN2O2/c1-9(15)13(17)16-6-7-18-12(8-16)10-4-2-3-5-11(10)14/h2-5,9,12H,6-8,15H2,1H3/t9-,12+/m1/s1. The van der Waals surface area contributed by atoms with Crippen LogP contribution in [0.1, 0.15) is 18.6 Å². The molecule has 1 aromatic rings. The van der Waals surface area contributed by atoms with Gasteiger partial charge in [0.2, 0.25) is 5.91 Å². The fraction of sp³-hybridized carbons (Fsp3) is 0.462. The molecule has 2 rings (SSSR count). The van der Waals surface area contributed by atoms with Gasteiger partial charge in [0.25, 0.3) is 0 Å². The summed E-state index contributed by atoms with van der Waals surface area (Å²) in [6, 6.07) is 7.06. The van der Waals surface area contributed by atoms with E-state index < -0.39 is 6.04 Å². The van der Waals surface area contributed by atoms with Crippen molar-refractivity contribution in [3.63, 3.8) is 0 Å². The van der Waals surface area contributed by atoms with Crippen LogP contribution in [0.3, 0.4) is 0 Å². The maximum atomic E-state index is 11.9. The molecule has 2 atom stereocenters. The summed E-state index contributed by atoms with van der Waals surface area (Å²) >= 11 is 6.14. The molecule has 1 saturated heterocycles. The number of rotatable bonds is 2. The number of nitrogens with zero attached hydrogens (tertiary/aromatic N) is 1. The molecule has 1 aliphatic rings. The van der Waals surface area contributed by atoms with E-state index in [0.717, 1.165) is 5.56 Å². The molecule has 1 fully saturated rings. The minimum absolute atomic E-state index is 0.0460. The van der Waals surface area contributed by atoms with E-state index in [9.17, 15) is 4.79 Å². The van der Waals surface area contributed by atoms with Gasteiger partial charge in [-0.2, -0.15) is 0 Å². The Labute approximate surface area is 112 Å². The summed E-state index contributed by atoms with van der Waals surface area (Å²) in [5.41, 5.74) is 6.54. The lowest BCUT2D eigenvalue weighted by Crippen LogP contribution is -2.48. The van der Waals surface area contributed by atoms with Crippen molar-refractivity contribution in [1.29, 1.82) is 0 Å². The highest BCUT2D eigenvalue weighted by Crippen LogP contribution is 2.28. The summed E-state index contributed by atoms with van der Waals surface area (Å²) in [5.74, 6) is -0.0460. The predicted molar refractivity (Wildman–Crippen MR) is 70.4 cm³/mol. The molecule has 5 heteroatoms. The van der Waals surface area contributed by atoms with E-state index in [4.69, 9.17) is 22.1 Å². The highest BCUT2D eigenvalue weighted by molar-refractivity contribution is 6.31. The lowest BCUT2D eigenvalue weighted by Gasteiger charge is -2.34. The molecule has 0 unspecified atom stereocenters. The van der Waals surface area contributed by atoms with Crippen molar-refractivity contribution >= 4 is 17.5 Å². The molecule has 0 radical (unpaired) electrons. The first-order valence-corrected chi connectivity index (χ1v) is 6.38. The second-order valence-corrected chi connectivity index (χ2v) is 4.86. The maximum Gasteiger partial charge on any atom is 0.239 e. The SMILES string of the molecule is C[C@@H](N)C(=O)N1CCO[C@H](c2ccccc2Cl)C1. The summed E-state index contributed by atoms with van der Waals surface area (Å²) in [6.45, 7) is 3.29. The summed E-state index contributed by atoms with van der Waals surface area (Å²) in [5, 5.41) is 0.664. The van der Waals surface area contributed by atoms with Crippen LogP contribution in [0.5, 0.6) is 0 Å². The normalized spacial score (nSPS) is 21.7. The van der Waals surface area contributed by atoms with Gasteiger partial charge in [-0.25, -0.2) is 0 Å². The van der Waals surface area contributed by atoms with Crippen LogP contribution >= 0.6 is 11.6 Å². The zero-order valence-electron chi connectivity index (χ0n) is 10.3. The Morgan fingerprint density at radius 1 is 1.56 bits per heavy atom.